The number of H-pyrrole nitrogens is 1. The molecule has 9 nitrogen and oxygen atoms in total. The number of fused-ring (bicyclic) bond motifs is 1. The maximum Gasteiger partial charge on any atom is 0.229 e. The van der Waals surface area contributed by atoms with Gasteiger partial charge in [-0.05, 0) is 18.9 Å². The Morgan fingerprint density at radius 1 is 1.32 bits per heavy atom. The van der Waals surface area contributed by atoms with E-state index < -0.39 is 5.82 Å². The molecule has 1 amide bonds. The van der Waals surface area contributed by atoms with E-state index in [-0.39, 0.29) is 16.8 Å². The average molecular weight is 441 g/mol. The highest BCUT2D eigenvalue weighted by atomic mass is 35.5. The minimum absolute atomic E-state index is 0.00888. The second-order valence-electron chi connectivity index (χ2n) is 7.34. The average Bonchev–Trinajstić information content (AvgIpc) is 3.44. The Bertz CT molecular complexity index is 1240. The van der Waals surface area contributed by atoms with E-state index in [9.17, 15) is 9.18 Å². The Morgan fingerprint density at radius 3 is 3.06 bits per heavy atom. The molecule has 0 aromatic carbocycles. The summed E-state index contributed by atoms with van der Waals surface area (Å²) in [6.45, 7) is 1.33. The smallest absolute Gasteiger partial charge is 0.229 e. The third kappa shape index (κ3) is 3.81. The van der Waals surface area contributed by atoms with Crippen LogP contribution >= 0.6 is 11.6 Å². The molecule has 1 aliphatic rings. The fraction of sp³-hybridized carbons (Fsp3) is 0.250. The Morgan fingerprint density at radius 2 is 2.23 bits per heavy atom. The number of amides is 1. The van der Waals surface area contributed by atoms with Crippen molar-refractivity contribution in [3.8, 4) is 11.5 Å². The molecular formula is C20H18ClFN8O. The van der Waals surface area contributed by atoms with Gasteiger partial charge in [0, 0.05) is 37.7 Å². The lowest BCUT2D eigenvalue weighted by Gasteiger charge is -2.32. The van der Waals surface area contributed by atoms with Gasteiger partial charge in [0.15, 0.2) is 5.82 Å². The highest BCUT2D eigenvalue weighted by Gasteiger charge is 2.27. The van der Waals surface area contributed by atoms with E-state index in [0.717, 1.165) is 19.4 Å². The summed E-state index contributed by atoms with van der Waals surface area (Å²) >= 11 is 5.94. The molecule has 1 atom stereocenters. The minimum atomic E-state index is -0.533. The van der Waals surface area contributed by atoms with Crippen LogP contribution < -0.4 is 10.2 Å². The zero-order chi connectivity index (χ0) is 21.4. The predicted molar refractivity (Wildman–Crippen MR) is 113 cm³/mol. The van der Waals surface area contributed by atoms with Gasteiger partial charge in [-0.3, -0.25) is 14.3 Å². The van der Waals surface area contributed by atoms with Gasteiger partial charge in [0.1, 0.15) is 23.0 Å². The predicted octanol–water partition coefficient (Wildman–Crippen LogP) is 3.16. The molecule has 4 aromatic heterocycles. The number of imidazole rings is 1. The number of hydrogen-bond donors (Lipinski definition) is 2. The maximum absolute atomic E-state index is 13.7. The van der Waals surface area contributed by atoms with E-state index in [0.29, 0.717) is 35.2 Å². The van der Waals surface area contributed by atoms with Crippen LogP contribution in [-0.2, 0) is 4.79 Å². The number of carbonyl (C=O) groups excluding carboxylic acids is 1. The Labute approximate surface area is 181 Å². The summed E-state index contributed by atoms with van der Waals surface area (Å²) in [5.41, 5.74) is 1.67. The fourth-order valence-corrected chi connectivity index (χ4v) is 3.90. The van der Waals surface area contributed by atoms with Crippen molar-refractivity contribution in [1.29, 1.82) is 0 Å². The van der Waals surface area contributed by atoms with Crippen molar-refractivity contribution in [2.24, 2.45) is 5.92 Å². The largest absolute Gasteiger partial charge is 0.356 e. The summed E-state index contributed by atoms with van der Waals surface area (Å²) in [4.78, 5) is 28.0. The SMILES string of the molecule is O=C(Nc1cn[nH]c1)[C@H]1CCCN(c2ccnc(-c3cnc4cc(F)c(Cl)cn34)n2)C1. The van der Waals surface area contributed by atoms with Gasteiger partial charge in [0.05, 0.1) is 29.0 Å². The Kier molecular flexibility index (Phi) is 4.99. The molecule has 1 saturated heterocycles. The summed E-state index contributed by atoms with van der Waals surface area (Å²) in [7, 11) is 0. The van der Waals surface area contributed by atoms with Crippen LogP contribution in [0.1, 0.15) is 12.8 Å². The summed E-state index contributed by atoms with van der Waals surface area (Å²) in [5.74, 6) is 0.416. The summed E-state index contributed by atoms with van der Waals surface area (Å²) in [6, 6.07) is 3.08. The number of rotatable bonds is 4. The molecule has 0 spiro atoms. The fourth-order valence-electron chi connectivity index (χ4n) is 3.75. The number of anilines is 2. The first kappa shape index (κ1) is 19.4. The van der Waals surface area contributed by atoms with Crippen LogP contribution in [0.4, 0.5) is 15.9 Å². The van der Waals surface area contributed by atoms with Gasteiger partial charge in [0.25, 0.3) is 0 Å². The molecule has 5 rings (SSSR count). The molecule has 158 valence electrons. The van der Waals surface area contributed by atoms with Crippen molar-refractivity contribution in [2.45, 2.75) is 12.8 Å². The summed E-state index contributed by atoms with van der Waals surface area (Å²) < 4.78 is 15.4. The molecule has 0 aliphatic carbocycles. The summed E-state index contributed by atoms with van der Waals surface area (Å²) in [5, 5.41) is 9.40. The number of halogens is 2. The molecule has 0 bridgehead atoms. The number of carbonyl (C=O) groups is 1. The molecule has 0 saturated carbocycles. The van der Waals surface area contributed by atoms with Crippen LogP contribution in [0.25, 0.3) is 17.2 Å². The second kappa shape index (κ2) is 7.95. The zero-order valence-electron chi connectivity index (χ0n) is 16.3. The van der Waals surface area contributed by atoms with Gasteiger partial charge in [0.2, 0.25) is 5.91 Å². The second-order valence-corrected chi connectivity index (χ2v) is 7.75. The molecule has 0 radical (unpaired) electrons. The van der Waals surface area contributed by atoms with Crippen molar-refractivity contribution in [1.82, 2.24) is 29.5 Å². The highest BCUT2D eigenvalue weighted by Crippen LogP contribution is 2.26. The minimum Gasteiger partial charge on any atom is -0.356 e. The van der Waals surface area contributed by atoms with Crippen molar-refractivity contribution < 1.29 is 9.18 Å². The van der Waals surface area contributed by atoms with Gasteiger partial charge in [-0.2, -0.15) is 5.10 Å². The number of aromatic amines is 1. The quantitative estimate of drug-likeness (QED) is 0.505. The van der Waals surface area contributed by atoms with E-state index in [1.165, 1.54) is 12.3 Å². The monoisotopic (exact) mass is 440 g/mol. The first-order chi connectivity index (χ1) is 15.1. The molecule has 11 heteroatoms. The van der Waals surface area contributed by atoms with Gasteiger partial charge < -0.3 is 10.2 Å². The normalized spacial score (nSPS) is 16.6. The topological polar surface area (TPSA) is 104 Å². The number of pyridine rings is 1. The van der Waals surface area contributed by atoms with Crippen LogP contribution in [0.2, 0.25) is 5.02 Å². The molecule has 2 N–H and O–H groups in total. The first-order valence-electron chi connectivity index (χ1n) is 9.78. The van der Waals surface area contributed by atoms with Crippen LogP contribution in [-0.4, -0.2) is 48.5 Å². The number of nitrogens with zero attached hydrogens (tertiary/aromatic N) is 6. The third-order valence-corrected chi connectivity index (χ3v) is 5.58. The number of hydrogen-bond acceptors (Lipinski definition) is 6. The lowest BCUT2D eigenvalue weighted by Crippen LogP contribution is -2.41. The maximum atomic E-state index is 13.7. The molecular weight excluding hydrogens is 423 g/mol. The molecule has 1 fully saturated rings. The van der Waals surface area contributed by atoms with Crippen molar-refractivity contribution in [3.05, 3.63) is 54.0 Å². The first-order valence-corrected chi connectivity index (χ1v) is 10.2. The van der Waals surface area contributed by atoms with Gasteiger partial charge in [-0.1, -0.05) is 11.6 Å². The van der Waals surface area contributed by atoms with E-state index in [4.69, 9.17) is 11.6 Å². The van der Waals surface area contributed by atoms with Crippen LogP contribution in [0.5, 0.6) is 0 Å². The molecule has 5 heterocycles. The number of piperidine rings is 1. The molecule has 1 aliphatic heterocycles. The van der Waals surface area contributed by atoms with E-state index in [1.54, 1.807) is 29.2 Å². The third-order valence-electron chi connectivity index (χ3n) is 5.30. The van der Waals surface area contributed by atoms with E-state index in [1.807, 2.05) is 6.07 Å². The van der Waals surface area contributed by atoms with E-state index >= 15 is 0 Å². The standard InChI is InChI=1S/C20H18ClFN8O/c21-14-11-30-16(9-24-18(30)6-15(14)22)19-23-4-3-17(28-19)29-5-1-2-12(10-29)20(31)27-13-7-25-26-8-13/h3-4,6-9,11-12H,1-2,5,10H2,(H,25,26)(H,27,31)/t12-/m0/s1. The van der Waals surface area contributed by atoms with Gasteiger partial charge >= 0.3 is 0 Å². The Hall–Kier alpha value is -3.53. The number of aromatic nitrogens is 6. The van der Waals surface area contributed by atoms with Crippen molar-refractivity contribution in [2.75, 3.05) is 23.3 Å². The molecule has 0 unspecified atom stereocenters. The van der Waals surface area contributed by atoms with Gasteiger partial charge in [-0.15, -0.1) is 0 Å². The van der Waals surface area contributed by atoms with E-state index in [2.05, 4.69) is 35.4 Å². The molecule has 31 heavy (non-hydrogen) atoms. The number of nitrogens with one attached hydrogen (secondary N) is 2. The highest BCUT2D eigenvalue weighted by molar-refractivity contribution is 6.30. The molecule has 4 aromatic rings. The Balaban J connectivity index is 1.39. The van der Waals surface area contributed by atoms with Crippen molar-refractivity contribution >= 4 is 34.7 Å². The van der Waals surface area contributed by atoms with Crippen LogP contribution in [0, 0.1) is 11.7 Å². The van der Waals surface area contributed by atoms with Gasteiger partial charge in [-0.25, -0.2) is 19.3 Å². The lowest BCUT2D eigenvalue weighted by molar-refractivity contribution is -0.120. The van der Waals surface area contributed by atoms with Crippen LogP contribution in [0.15, 0.2) is 43.1 Å². The van der Waals surface area contributed by atoms with Crippen LogP contribution in [0.3, 0.4) is 0 Å². The van der Waals surface area contributed by atoms with Crippen molar-refractivity contribution in [3.63, 3.8) is 0 Å². The zero-order valence-corrected chi connectivity index (χ0v) is 17.1. The lowest BCUT2D eigenvalue weighted by atomic mass is 9.97. The summed E-state index contributed by atoms with van der Waals surface area (Å²) in [6.07, 6.45) is 9.59.